The van der Waals surface area contributed by atoms with Crippen molar-refractivity contribution >= 4 is 21.8 Å². The van der Waals surface area contributed by atoms with E-state index in [2.05, 4.69) is 5.32 Å². The lowest BCUT2D eigenvalue weighted by atomic mass is 9.83. The Kier molecular flexibility index (Phi) is 9.72. The molecule has 1 aromatic rings. The molecule has 9 heteroatoms. The highest BCUT2D eigenvalue weighted by Crippen LogP contribution is 2.38. The molecule has 1 aromatic carbocycles. The lowest BCUT2D eigenvalue weighted by Gasteiger charge is -2.33. The first-order valence-corrected chi connectivity index (χ1v) is 14.4. The average molecular weight is 508 g/mol. The number of carbonyl (C=O) groups is 2. The number of nitrogens with two attached hydrogens (primary N) is 1. The van der Waals surface area contributed by atoms with Crippen LogP contribution in [0.25, 0.3) is 0 Å². The first-order valence-electron chi connectivity index (χ1n) is 12.9. The van der Waals surface area contributed by atoms with Crippen molar-refractivity contribution < 1.29 is 23.1 Å². The number of hydrogen-bond acceptors (Lipinski definition) is 5. The molecule has 8 nitrogen and oxygen atoms in total. The molecule has 2 aliphatic rings. The van der Waals surface area contributed by atoms with Crippen molar-refractivity contribution in [2.75, 3.05) is 13.1 Å². The third-order valence-electron chi connectivity index (χ3n) is 7.32. The quantitative estimate of drug-likeness (QED) is 0.378. The molecule has 2 saturated carbocycles. The van der Waals surface area contributed by atoms with Crippen LogP contribution in [-0.2, 0) is 19.6 Å². The standard InChI is InChI=1S/C26H41N3O5S/c1-18(2)13-14-29(35(33,34)20-11-7-4-8-12-20)17-24(30)23(15-19-9-5-3-6-10-19)28-26(32)22-16-21(22)25(27)31/h4,7-8,11-12,18-19,21-24,30H,3,5-6,9-10,13-17H2,1-2H3,(H2,27,31)(H,28,32)/t21?,22?,23-,24+/m0/s1. The Hall–Kier alpha value is -1.97. The van der Waals surface area contributed by atoms with Gasteiger partial charge in [-0.1, -0.05) is 64.2 Å². The summed E-state index contributed by atoms with van der Waals surface area (Å²) in [6.07, 6.45) is 6.10. The number of carbonyl (C=O) groups excluding carboxylic acids is 2. The highest BCUT2D eigenvalue weighted by Gasteiger charge is 2.48. The van der Waals surface area contributed by atoms with Gasteiger partial charge in [-0.25, -0.2) is 8.42 Å². The number of benzene rings is 1. The van der Waals surface area contributed by atoms with E-state index in [1.165, 1.54) is 10.7 Å². The third kappa shape index (κ3) is 7.75. The van der Waals surface area contributed by atoms with E-state index in [-0.39, 0.29) is 23.9 Å². The minimum absolute atomic E-state index is 0.106. The monoisotopic (exact) mass is 507 g/mol. The van der Waals surface area contributed by atoms with Crippen molar-refractivity contribution in [2.24, 2.45) is 29.4 Å². The fraction of sp³-hybridized carbons (Fsp3) is 0.692. The van der Waals surface area contributed by atoms with Crippen LogP contribution in [0.3, 0.4) is 0 Å². The molecule has 4 N–H and O–H groups in total. The second-order valence-electron chi connectivity index (χ2n) is 10.6. The van der Waals surface area contributed by atoms with E-state index in [9.17, 15) is 23.1 Å². The minimum atomic E-state index is -3.81. The van der Waals surface area contributed by atoms with Gasteiger partial charge < -0.3 is 16.2 Å². The molecule has 0 radical (unpaired) electrons. The minimum Gasteiger partial charge on any atom is -0.390 e. The zero-order valence-corrected chi connectivity index (χ0v) is 21.8. The van der Waals surface area contributed by atoms with E-state index in [0.717, 1.165) is 25.7 Å². The second-order valence-corrected chi connectivity index (χ2v) is 12.6. The molecule has 35 heavy (non-hydrogen) atoms. The van der Waals surface area contributed by atoms with E-state index >= 15 is 0 Å². The number of hydrogen-bond donors (Lipinski definition) is 3. The largest absolute Gasteiger partial charge is 0.390 e. The summed E-state index contributed by atoms with van der Waals surface area (Å²) >= 11 is 0. The van der Waals surface area contributed by atoms with Crippen molar-refractivity contribution in [3.63, 3.8) is 0 Å². The molecule has 2 aliphatic carbocycles. The highest BCUT2D eigenvalue weighted by atomic mass is 32.2. The molecule has 0 saturated heterocycles. The van der Waals surface area contributed by atoms with Gasteiger partial charge in [0.25, 0.3) is 0 Å². The summed E-state index contributed by atoms with van der Waals surface area (Å²) in [4.78, 5) is 24.5. The zero-order chi connectivity index (χ0) is 25.6. The summed E-state index contributed by atoms with van der Waals surface area (Å²) < 4.78 is 28.2. The van der Waals surface area contributed by atoms with Crippen LogP contribution in [0.2, 0.25) is 0 Å². The van der Waals surface area contributed by atoms with Crippen LogP contribution in [0.4, 0.5) is 0 Å². The van der Waals surface area contributed by atoms with Gasteiger partial charge >= 0.3 is 0 Å². The van der Waals surface area contributed by atoms with Gasteiger partial charge in [0.15, 0.2) is 0 Å². The van der Waals surface area contributed by atoms with Gasteiger partial charge in [0.1, 0.15) is 0 Å². The number of aliphatic hydroxyl groups excluding tert-OH is 1. The van der Waals surface area contributed by atoms with E-state index < -0.39 is 39.9 Å². The lowest BCUT2D eigenvalue weighted by Crippen LogP contribution is -2.51. The Bertz CT molecular complexity index is 947. The van der Waals surface area contributed by atoms with Crippen LogP contribution in [0.5, 0.6) is 0 Å². The molecule has 3 rings (SSSR count). The fourth-order valence-corrected chi connectivity index (χ4v) is 6.47. The second kappa shape index (κ2) is 12.3. The molecule has 0 aliphatic heterocycles. The summed E-state index contributed by atoms with van der Waals surface area (Å²) in [5.74, 6) is -1.03. The summed E-state index contributed by atoms with van der Waals surface area (Å²) in [6.45, 7) is 4.23. The number of nitrogens with one attached hydrogen (secondary N) is 1. The number of aliphatic hydroxyl groups is 1. The van der Waals surface area contributed by atoms with Gasteiger partial charge in [0, 0.05) is 13.1 Å². The average Bonchev–Trinajstić information content (AvgIpc) is 3.64. The van der Waals surface area contributed by atoms with Crippen LogP contribution >= 0.6 is 0 Å². The maximum atomic E-state index is 13.4. The molecule has 2 amide bonds. The third-order valence-corrected chi connectivity index (χ3v) is 9.20. The Morgan fingerprint density at radius 1 is 1.11 bits per heavy atom. The van der Waals surface area contributed by atoms with E-state index in [4.69, 9.17) is 5.73 Å². The summed E-state index contributed by atoms with van der Waals surface area (Å²) in [5, 5.41) is 14.3. The molecular weight excluding hydrogens is 466 g/mol. The Morgan fingerprint density at radius 3 is 2.34 bits per heavy atom. The topological polar surface area (TPSA) is 130 Å². The zero-order valence-electron chi connectivity index (χ0n) is 20.9. The smallest absolute Gasteiger partial charge is 0.243 e. The van der Waals surface area contributed by atoms with Gasteiger partial charge in [-0.15, -0.1) is 0 Å². The van der Waals surface area contributed by atoms with Gasteiger partial charge in [-0.2, -0.15) is 4.31 Å². The Balaban J connectivity index is 1.77. The van der Waals surface area contributed by atoms with E-state index in [0.29, 0.717) is 31.1 Å². The first-order chi connectivity index (χ1) is 16.6. The van der Waals surface area contributed by atoms with E-state index in [1.54, 1.807) is 30.3 Å². The maximum absolute atomic E-state index is 13.4. The molecule has 0 heterocycles. The summed E-state index contributed by atoms with van der Waals surface area (Å²) in [7, 11) is -3.81. The van der Waals surface area contributed by atoms with Crippen molar-refractivity contribution in [3.05, 3.63) is 30.3 Å². The Morgan fingerprint density at radius 2 is 1.77 bits per heavy atom. The van der Waals surface area contributed by atoms with Crippen LogP contribution in [0.15, 0.2) is 35.2 Å². The molecule has 0 bridgehead atoms. The molecule has 0 aromatic heterocycles. The number of rotatable bonds is 13. The fourth-order valence-electron chi connectivity index (χ4n) is 4.97. The van der Waals surface area contributed by atoms with Crippen molar-refractivity contribution in [1.29, 1.82) is 0 Å². The predicted octanol–water partition coefficient (Wildman–Crippen LogP) is 2.66. The normalized spacial score (nSPS) is 22.7. The van der Waals surface area contributed by atoms with Crippen LogP contribution in [0.1, 0.15) is 65.2 Å². The molecule has 2 fully saturated rings. The van der Waals surface area contributed by atoms with Gasteiger partial charge in [0.05, 0.1) is 28.9 Å². The first kappa shape index (κ1) is 27.6. The van der Waals surface area contributed by atoms with Crippen molar-refractivity contribution in [2.45, 2.75) is 82.3 Å². The van der Waals surface area contributed by atoms with Gasteiger partial charge in [-0.05, 0) is 43.2 Å². The lowest BCUT2D eigenvalue weighted by molar-refractivity contribution is -0.127. The summed E-state index contributed by atoms with van der Waals surface area (Å²) in [5.41, 5.74) is 5.35. The van der Waals surface area contributed by atoms with Crippen LogP contribution in [-0.4, -0.2) is 54.9 Å². The summed E-state index contributed by atoms with van der Waals surface area (Å²) in [6, 6.07) is 7.65. The highest BCUT2D eigenvalue weighted by molar-refractivity contribution is 7.89. The van der Waals surface area contributed by atoms with Crippen molar-refractivity contribution in [1.82, 2.24) is 9.62 Å². The number of amides is 2. The van der Waals surface area contributed by atoms with E-state index in [1.807, 2.05) is 13.8 Å². The SMILES string of the molecule is CC(C)CCN(C[C@@H](O)[C@H](CC1CCCCC1)NC(=O)C1CC1C(N)=O)S(=O)(=O)c1ccccc1. The molecule has 4 atom stereocenters. The maximum Gasteiger partial charge on any atom is 0.243 e. The molecular formula is C26H41N3O5S. The van der Waals surface area contributed by atoms with Gasteiger partial charge in [0.2, 0.25) is 21.8 Å². The number of nitrogens with zero attached hydrogens (tertiary/aromatic N) is 1. The molecule has 2 unspecified atom stereocenters. The number of primary amides is 1. The van der Waals surface area contributed by atoms with Crippen LogP contribution < -0.4 is 11.1 Å². The van der Waals surface area contributed by atoms with Crippen molar-refractivity contribution in [3.8, 4) is 0 Å². The van der Waals surface area contributed by atoms with Crippen LogP contribution in [0, 0.1) is 23.7 Å². The molecule has 0 spiro atoms. The Labute approximate surface area is 209 Å². The molecule has 196 valence electrons. The number of sulfonamides is 1. The predicted molar refractivity (Wildman–Crippen MR) is 135 cm³/mol. The van der Waals surface area contributed by atoms with Gasteiger partial charge in [-0.3, -0.25) is 9.59 Å².